The Bertz CT molecular complexity index is 973. The predicted octanol–water partition coefficient (Wildman–Crippen LogP) is 6.44. The van der Waals surface area contributed by atoms with Crippen molar-refractivity contribution in [1.82, 2.24) is 0 Å². The van der Waals surface area contributed by atoms with Gasteiger partial charge in [-0.3, -0.25) is 15.1 Å². The van der Waals surface area contributed by atoms with Crippen molar-refractivity contribution in [3.05, 3.63) is 92.5 Å². The Morgan fingerprint density at radius 3 is 2.38 bits per heavy atom. The average molecular weight is 387 g/mol. The lowest BCUT2D eigenvalue weighted by Gasteiger charge is -2.07. The minimum atomic E-state index is -0.527. The monoisotopic (exact) mass is 386 g/mol. The van der Waals surface area contributed by atoms with Crippen LogP contribution in [0.2, 0.25) is 10.0 Å². The van der Waals surface area contributed by atoms with Gasteiger partial charge in [0.05, 0.1) is 15.6 Å². The van der Waals surface area contributed by atoms with Crippen LogP contribution >= 0.6 is 23.2 Å². The molecule has 3 rings (SSSR count). The minimum Gasteiger partial charge on any atom is -0.456 e. The summed E-state index contributed by atoms with van der Waals surface area (Å²) in [6, 6.07) is 18.8. The number of nitro groups is 1. The molecule has 0 amide bonds. The zero-order valence-electron chi connectivity index (χ0n) is 13.3. The number of hydrogen-bond donors (Lipinski definition) is 0. The predicted molar refractivity (Wildman–Crippen MR) is 103 cm³/mol. The molecule has 7 heteroatoms. The van der Waals surface area contributed by atoms with E-state index in [2.05, 4.69) is 4.99 Å². The molecular formula is C19H12Cl2N2O3. The molecule has 130 valence electrons. The lowest BCUT2D eigenvalue weighted by Crippen LogP contribution is -1.91. The summed E-state index contributed by atoms with van der Waals surface area (Å²) in [5.41, 5.74) is 1.10. The fraction of sp³-hybridized carbons (Fsp3) is 0. The third-order valence-corrected chi connectivity index (χ3v) is 4.06. The summed E-state index contributed by atoms with van der Waals surface area (Å²) in [6.45, 7) is 0. The second kappa shape index (κ2) is 7.99. The lowest BCUT2D eigenvalue weighted by molar-refractivity contribution is -0.384. The smallest absolute Gasteiger partial charge is 0.288 e. The molecule has 0 bridgehead atoms. The van der Waals surface area contributed by atoms with Gasteiger partial charge in [0.25, 0.3) is 5.69 Å². The Morgan fingerprint density at radius 2 is 1.69 bits per heavy atom. The number of rotatable bonds is 5. The van der Waals surface area contributed by atoms with Crippen LogP contribution in [0.3, 0.4) is 0 Å². The molecule has 3 aromatic rings. The van der Waals surface area contributed by atoms with Crippen LogP contribution in [0, 0.1) is 10.1 Å². The van der Waals surface area contributed by atoms with E-state index in [1.54, 1.807) is 42.5 Å². The van der Waals surface area contributed by atoms with Gasteiger partial charge in [0.15, 0.2) is 0 Å². The lowest BCUT2D eigenvalue weighted by atomic mass is 10.2. The normalized spacial score (nSPS) is 10.8. The topological polar surface area (TPSA) is 64.7 Å². The van der Waals surface area contributed by atoms with Crippen molar-refractivity contribution in [1.29, 1.82) is 0 Å². The van der Waals surface area contributed by atoms with Crippen molar-refractivity contribution in [2.75, 3.05) is 0 Å². The number of para-hydroxylation sites is 1. The number of nitro benzene ring substituents is 1. The Labute approximate surface area is 159 Å². The fourth-order valence-electron chi connectivity index (χ4n) is 2.15. The van der Waals surface area contributed by atoms with Crippen molar-refractivity contribution in [2.24, 2.45) is 4.99 Å². The first kappa shape index (κ1) is 17.9. The van der Waals surface area contributed by atoms with E-state index in [0.717, 1.165) is 0 Å². The first-order valence-corrected chi connectivity index (χ1v) is 8.29. The van der Waals surface area contributed by atoms with E-state index in [-0.39, 0.29) is 10.7 Å². The maximum atomic E-state index is 10.9. The van der Waals surface area contributed by atoms with Crippen LogP contribution in [0.4, 0.5) is 11.4 Å². The summed E-state index contributed by atoms with van der Waals surface area (Å²) in [4.78, 5) is 14.7. The van der Waals surface area contributed by atoms with E-state index in [4.69, 9.17) is 27.9 Å². The zero-order chi connectivity index (χ0) is 18.5. The first-order chi connectivity index (χ1) is 12.5. The van der Waals surface area contributed by atoms with E-state index >= 15 is 0 Å². The van der Waals surface area contributed by atoms with Crippen LogP contribution in [0.1, 0.15) is 5.56 Å². The van der Waals surface area contributed by atoms with Crippen molar-refractivity contribution in [3.8, 4) is 11.5 Å². The van der Waals surface area contributed by atoms with Crippen molar-refractivity contribution in [3.63, 3.8) is 0 Å². The third-order valence-electron chi connectivity index (χ3n) is 3.43. The van der Waals surface area contributed by atoms with Gasteiger partial charge in [-0.25, -0.2) is 0 Å². The van der Waals surface area contributed by atoms with Crippen LogP contribution < -0.4 is 4.74 Å². The standard InChI is InChI=1S/C19H12Cl2N2O3/c20-16-10-5-13(11-18(16)23(24)25)12-22-14-6-8-15(9-7-14)26-19-4-2-1-3-17(19)21/h1-12H. The van der Waals surface area contributed by atoms with Gasteiger partial charge < -0.3 is 4.74 Å². The van der Waals surface area contributed by atoms with Gasteiger partial charge in [-0.15, -0.1) is 0 Å². The van der Waals surface area contributed by atoms with Crippen molar-refractivity contribution >= 4 is 40.8 Å². The molecule has 0 aliphatic heterocycles. The zero-order valence-corrected chi connectivity index (χ0v) is 14.8. The van der Waals surface area contributed by atoms with Gasteiger partial charge in [0.2, 0.25) is 0 Å². The van der Waals surface area contributed by atoms with Crippen LogP contribution in [0.25, 0.3) is 0 Å². The number of halogens is 2. The van der Waals surface area contributed by atoms with E-state index in [1.807, 2.05) is 12.1 Å². The van der Waals surface area contributed by atoms with Crippen LogP contribution in [-0.4, -0.2) is 11.1 Å². The number of aliphatic imine (C=N–C) groups is 1. The quantitative estimate of drug-likeness (QED) is 0.287. The van der Waals surface area contributed by atoms with E-state index in [9.17, 15) is 10.1 Å². The van der Waals surface area contributed by atoms with Crippen LogP contribution in [-0.2, 0) is 0 Å². The molecule has 3 aromatic carbocycles. The number of nitrogens with zero attached hydrogens (tertiary/aromatic N) is 2. The highest BCUT2D eigenvalue weighted by Crippen LogP contribution is 2.30. The van der Waals surface area contributed by atoms with Gasteiger partial charge >= 0.3 is 0 Å². The fourth-order valence-corrected chi connectivity index (χ4v) is 2.51. The summed E-state index contributed by atoms with van der Waals surface area (Å²) < 4.78 is 5.71. The molecule has 0 fully saturated rings. The summed E-state index contributed by atoms with van der Waals surface area (Å²) >= 11 is 11.9. The Hall–Kier alpha value is -2.89. The Morgan fingerprint density at radius 1 is 0.962 bits per heavy atom. The molecule has 0 saturated heterocycles. The van der Waals surface area contributed by atoms with E-state index in [1.165, 1.54) is 18.3 Å². The molecule has 0 heterocycles. The highest BCUT2D eigenvalue weighted by molar-refractivity contribution is 6.32. The Balaban J connectivity index is 1.73. The largest absolute Gasteiger partial charge is 0.456 e. The molecule has 0 spiro atoms. The molecule has 0 unspecified atom stereocenters. The number of benzene rings is 3. The molecule has 0 aliphatic rings. The van der Waals surface area contributed by atoms with Gasteiger partial charge in [-0.2, -0.15) is 0 Å². The van der Waals surface area contributed by atoms with Crippen LogP contribution in [0.5, 0.6) is 11.5 Å². The summed E-state index contributed by atoms with van der Waals surface area (Å²) in [6.07, 6.45) is 1.53. The summed E-state index contributed by atoms with van der Waals surface area (Å²) in [5, 5.41) is 11.5. The molecule has 0 aliphatic carbocycles. The second-order valence-electron chi connectivity index (χ2n) is 5.25. The third kappa shape index (κ3) is 4.39. The van der Waals surface area contributed by atoms with E-state index in [0.29, 0.717) is 27.8 Å². The molecule has 0 radical (unpaired) electrons. The maximum absolute atomic E-state index is 10.9. The molecular weight excluding hydrogens is 375 g/mol. The summed E-state index contributed by atoms with van der Waals surface area (Å²) in [7, 11) is 0. The summed E-state index contributed by atoms with van der Waals surface area (Å²) in [5.74, 6) is 1.19. The van der Waals surface area contributed by atoms with Crippen molar-refractivity contribution in [2.45, 2.75) is 0 Å². The maximum Gasteiger partial charge on any atom is 0.288 e. The minimum absolute atomic E-state index is 0.0909. The van der Waals surface area contributed by atoms with Crippen LogP contribution in [0.15, 0.2) is 71.7 Å². The molecule has 0 aromatic heterocycles. The van der Waals surface area contributed by atoms with Crippen molar-refractivity contribution < 1.29 is 9.66 Å². The van der Waals surface area contributed by atoms with Gasteiger partial charge in [0, 0.05) is 12.3 Å². The first-order valence-electron chi connectivity index (χ1n) is 7.53. The molecule has 0 saturated carbocycles. The van der Waals surface area contributed by atoms with E-state index < -0.39 is 4.92 Å². The molecule has 0 atom stereocenters. The van der Waals surface area contributed by atoms with Gasteiger partial charge in [0.1, 0.15) is 16.5 Å². The Kier molecular flexibility index (Phi) is 5.51. The highest BCUT2D eigenvalue weighted by Gasteiger charge is 2.11. The molecule has 5 nitrogen and oxygen atoms in total. The average Bonchev–Trinajstić information content (AvgIpc) is 2.64. The highest BCUT2D eigenvalue weighted by atomic mass is 35.5. The molecule has 26 heavy (non-hydrogen) atoms. The number of hydrogen-bond acceptors (Lipinski definition) is 4. The second-order valence-corrected chi connectivity index (χ2v) is 6.07. The SMILES string of the molecule is O=[N+]([O-])c1cc(C=Nc2ccc(Oc3ccccc3Cl)cc2)ccc1Cl. The number of ether oxygens (including phenoxy) is 1. The van der Waals surface area contributed by atoms with Gasteiger partial charge in [-0.1, -0.05) is 41.4 Å². The van der Waals surface area contributed by atoms with Gasteiger partial charge in [-0.05, 0) is 48.0 Å². The molecule has 0 N–H and O–H groups in total.